The standard InChI is InChI=1S/C12H24N2O2S/c15-17(16,10-11-5-2-1-3-6-11)14-12-7-4-8-13-9-12/h11-14H,1-10H2. The molecule has 0 aromatic rings. The molecule has 1 aliphatic carbocycles. The van der Waals surface area contributed by atoms with Crippen molar-refractivity contribution in [1.82, 2.24) is 10.0 Å². The van der Waals surface area contributed by atoms with Crippen molar-refractivity contribution in [3.63, 3.8) is 0 Å². The second-order valence-corrected chi connectivity index (χ2v) is 7.25. The summed E-state index contributed by atoms with van der Waals surface area (Å²) in [6.07, 6.45) is 7.88. The summed E-state index contributed by atoms with van der Waals surface area (Å²) in [6.45, 7) is 1.80. The van der Waals surface area contributed by atoms with Crippen molar-refractivity contribution in [3.8, 4) is 0 Å². The van der Waals surface area contributed by atoms with Gasteiger partial charge in [0.25, 0.3) is 0 Å². The second-order valence-electron chi connectivity index (χ2n) is 5.45. The highest BCUT2D eigenvalue weighted by Gasteiger charge is 2.24. The molecule has 0 spiro atoms. The lowest BCUT2D eigenvalue weighted by Crippen LogP contribution is -2.46. The van der Waals surface area contributed by atoms with E-state index < -0.39 is 10.0 Å². The Balaban J connectivity index is 1.80. The normalized spacial score (nSPS) is 28.1. The van der Waals surface area contributed by atoms with Crippen LogP contribution in [0.25, 0.3) is 0 Å². The van der Waals surface area contributed by atoms with Crippen molar-refractivity contribution >= 4 is 10.0 Å². The highest BCUT2D eigenvalue weighted by atomic mass is 32.2. The van der Waals surface area contributed by atoms with E-state index in [1.54, 1.807) is 0 Å². The van der Waals surface area contributed by atoms with Crippen molar-refractivity contribution in [1.29, 1.82) is 0 Å². The minimum Gasteiger partial charge on any atom is -0.315 e. The summed E-state index contributed by atoms with van der Waals surface area (Å²) in [7, 11) is -3.07. The van der Waals surface area contributed by atoms with Crippen LogP contribution < -0.4 is 10.0 Å². The summed E-state index contributed by atoms with van der Waals surface area (Å²) in [6, 6.07) is 0.109. The summed E-state index contributed by atoms with van der Waals surface area (Å²) in [5.74, 6) is 0.724. The van der Waals surface area contributed by atoms with Crippen LogP contribution in [0.1, 0.15) is 44.9 Å². The van der Waals surface area contributed by atoms with E-state index in [1.807, 2.05) is 0 Å². The molecule has 5 heteroatoms. The van der Waals surface area contributed by atoms with E-state index in [-0.39, 0.29) is 6.04 Å². The van der Waals surface area contributed by atoms with E-state index in [0.717, 1.165) is 38.8 Å². The predicted molar refractivity (Wildman–Crippen MR) is 69.4 cm³/mol. The first-order valence-corrected chi connectivity index (χ1v) is 8.52. The molecular weight excluding hydrogens is 236 g/mol. The van der Waals surface area contributed by atoms with E-state index in [2.05, 4.69) is 10.0 Å². The first-order valence-electron chi connectivity index (χ1n) is 6.86. The quantitative estimate of drug-likeness (QED) is 0.799. The number of piperidine rings is 1. The van der Waals surface area contributed by atoms with Crippen LogP contribution in [0.5, 0.6) is 0 Å². The van der Waals surface area contributed by atoms with Gasteiger partial charge < -0.3 is 5.32 Å². The van der Waals surface area contributed by atoms with Crippen LogP contribution in [0.15, 0.2) is 0 Å². The van der Waals surface area contributed by atoms with E-state index in [0.29, 0.717) is 11.7 Å². The summed E-state index contributed by atoms with van der Waals surface area (Å²) in [4.78, 5) is 0. The Labute approximate surface area is 105 Å². The van der Waals surface area contributed by atoms with E-state index in [1.165, 1.54) is 19.3 Å². The fourth-order valence-corrected chi connectivity index (χ4v) is 4.68. The lowest BCUT2D eigenvalue weighted by molar-refractivity contribution is 0.379. The van der Waals surface area contributed by atoms with Crippen LogP contribution in [-0.4, -0.2) is 33.3 Å². The largest absolute Gasteiger partial charge is 0.315 e. The molecule has 0 amide bonds. The van der Waals surface area contributed by atoms with Gasteiger partial charge in [0, 0.05) is 12.6 Å². The maximum atomic E-state index is 12.0. The number of nitrogens with one attached hydrogen (secondary N) is 2. The Bertz CT molecular complexity index is 291. The zero-order valence-corrected chi connectivity index (χ0v) is 11.3. The van der Waals surface area contributed by atoms with Gasteiger partial charge in [0.2, 0.25) is 10.0 Å². The van der Waals surface area contributed by atoms with Crippen molar-refractivity contribution in [2.24, 2.45) is 5.92 Å². The molecule has 1 saturated heterocycles. The molecule has 100 valence electrons. The lowest BCUT2D eigenvalue weighted by Gasteiger charge is -2.26. The highest BCUT2D eigenvalue weighted by Crippen LogP contribution is 2.24. The maximum Gasteiger partial charge on any atom is 0.212 e. The molecule has 0 bridgehead atoms. The second kappa shape index (κ2) is 6.16. The third-order valence-corrected chi connectivity index (χ3v) is 5.43. The molecule has 0 aromatic carbocycles. The SMILES string of the molecule is O=S(=O)(CC1CCCCC1)NC1CCCNC1. The first kappa shape index (κ1) is 13.3. The fraction of sp³-hybridized carbons (Fsp3) is 1.00. The Morgan fingerprint density at radius 2 is 1.82 bits per heavy atom. The molecule has 2 fully saturated rings. The van der Waals surface area contributed by atoms with Gasteiger partial charge in [0.1, 0.15) is 0 Å². The summed E-state index contributed by atoms with van der Waals surface area (Å²) in [5.41, 5.74) is 0. The Morgan fingerprint density at radius 3 is 2.47 bits per heavy atom. The molecule has 1 aliphatic heterocycles. The van der Waals surface area contributed by atoms with E-state index in [4.69, 9.17) is 0 Å². The van der Waals surface area contributed by atoms with Gasteiger partial charge in [0.15, 0.2) is 0 Å². The molecule has 1 unspecified atom stereocenters. The number of hydrogen-bond donors (Lipinski definition) is 2. The lowest BCUT2D eigenvalue weighted by atomic mass is 9.91. The molecule has 1 saturated carbocycles. The third kappa shape index (κ3) is 4.56. The van der Waals surface area contributed by atoms with Crippen LogP contribution in [0, 0.1) is 5.92 Å². The molecule has 0 radical (unpaired) electrons. The van der Waals surface area contributed by atoms with Crippen LogP contribution in [0.2, 0.25) is 0 Å². The molecule has 0 aromatic heterocycles. The summed E-state index contributed by atoms with van der Waals surface area (Å²) >= 11 is 0. The van der Waals surface area contributed by atoms with E-state index >= 15 is 0 Å². The zero-order valence-electron chi connectivity index (χ0n) is 10.5. The van der Waals surface area contributed by atoms with Gasteiger partial charge in [-0.1, -0.05) is 19.3 Å². The van der Waals surface area contributed by atoms with Crippen molar-refractivity contribution in [3.05, 3.63) is 0 Å². The smallest absolute Gasteiger partial charge is 0.212 e. The molecule has 2 N–H and O–H groups in total. The number of hydrogen-bond acceptors (Lipinski definition) is 3. The minimum absolute atomic E-state index is 0.109. The monoisotopic (exact) mass is 260 g/mol. The maximum absolute atomic E-state index is 12.0. The Hall–Kier alpha value is -0.130. The van der Waals surface area contributed by atoms with Gasteiger partial charge >= 0.3 is 0 Å². The van der Waals surface area contributed by atoms with Crippen LogP contribution in [0.3, 0.4) is 0 Å². The first-order chi connectivity index (χ1) is 8.16. The average Bonchev–Trinajstić information content (AvgIpc) is 2.30. The topological polar surface area (TPSA) is 58.2 Å². The predicted octanol–water partition coefficient (Wildman–Crippen LogP) is 1.24. The van der Waals surface area contributed by atoms with Gasteiger partial charge in [-0.15, -0.1) is 0 Å². The molecule has 17 heavy (non-hydrogen) atoms. The van der Waals surface area contributed by atoms with Crippen LogP contribution in [-0.2, 0) is 10.0 Å². The Morgan fingerprint density at radius 1 is 1.06 bits per heavy atom. The molecular formula is C12H24N2O2S. The van der Waals surface area contributed by atoms with Crippen molar-refractivity contribution in [2.45, 2.75) is 51.0 Å². The third-order valence-electron chi connectivity index (χ3n) is 3.82. The number of sulfonamides is 1. The van der Waals surface area contributed by atoms with Gasteiger partial charge in [-0.05, 0) is 38.1 Å². The Kier molecular flexibility index (Phi) is 4.82. The van der Waals surface area contributed by atoms with Crippen LogP contribution in [0.4, 0.5) is 0 Å². The van der Waals surface area contributed by atoms with Gasteiger partial charge in [-0.3, -0.25) is 0 Å². The fourth-order valence-electron chi connectivity index (χ4n) is 2.92. The summed E-state index contributed by atoms with van der Waals surface area (Å²) < 4.78 is 26.9. The van der Waals surface area contributed by atoms with Crippen molar-refractivity contribution < 1.29 is 8.42 Å². The van der Waals surface area contributed by atoms with Gasteiger partial charge in [-0.2, -0.15) is 0 Å². The average molecular weight is 260 g/mol. The van der Waals surface area contributed by atoms with Gasteiger partial charge in [0.05, 0.1) is 5.75 Å². The minimum atomic E-state index is -3.07. The van der Waals surface area contributed by atoms with Crippen LogP contribution >= 0.6 is 0 Å². The molecule has 1 heterocycles. The molecule has 4 nitrogen and oxygen atoms in total. The summed E-state index contributed by atoms with van der Waals surface area (Å²) in [5, 5.41) is 3.23. The molecule has 2 aliphatic rings. The zero-order chi connectivity index (χ0) is 12.1. The molecule has 2 rings (SSSR count). The molecule has 1 atom stereocenters. The number of rotatable bonds is 4. The highest BCUT2D eigenvalue weighted by molar-refractivity contribution is 7.89. The van der Waals surface area contributed by atoms with Crippen molar-refractivity contribution in [2.75, 3.05) is 18.8 Å². The van der Waals surface area contributed by atoms with Gasteiger partial charge in [-0.25, -0.2) is 13.1 Å². The van der Waals surface area contributed by atoms with E-state index in [9.17, 15) is 8.42 Å².